The van der Waals surface area contributed by atoms with Crippen LogP contribution in [0.25, 0.3) is 0 Å². The Morgan fingerprint density at radius 3 is 1.48 bits per heavy atom. The minimum absolute atomic E-state index is 0.767. The van der Waals surface area contributed by atoms with Gasteiger partial charge in [0.15, 0.2) is 0 Å². The van der Waals surface area contributed by atoms with Gasteiger partial charge in [-0.15, -0.1) is 0 Å². The van der Waals surface area contributed by atoms with Crippen molar-refractivity contribution in [1.29, 1.82) is 0 Å². The van der Waals surface area contributed by atoms with Gasteiger partial charge in [0, 0.05) is 0 Å². The second-order valence-electron chi connectivity index (χ2n) is 7.90. The third-order valence-electron chi connectivity index (χ3n) is 4.75. The molecule has 3 unspecified atom stereocenters. The molecule has 0 aromatic carbocycles. The first-order valence-corrected chi connectivity index (χ1v) is 9.58. The zero-order valence-corrected chi connectivity index (χ0v) is 15.8. The first-order chi connectivity index (χ1) is 9.95. The molecule has 0 aliphatic rings. The summed E-state index contributed by atoms with van der Waals surface area (Å²) < 4.78 is 0. The average Bonchev–Trinajstić information content (AvgIpc) is 2.38. The second-order valence-corrected chi connectivity index (χ2v) is 7.90. The van der Waals surface area contributed by atoms with E-state index in [-0.39, 0.29) is 0 Å². The monoisotopic (exact) mass is 294 g/mol. The molecule has 0 N–H and O–H groups in total. The number of allylic oxidation sites excluding steroid dienone is 2. The first kappa shape index (κ1) is 20.7. The van der Waals surface area contributed by atoms with Gasteiger partial charge in [-0.25, -0.2) is 0 Å². The van der Waals surface area contributed by atoms with Crippen LogP contribution in [-0.4, -0.2) is 0 Å². The molecule has 0 aliphatic carbocycles. The van der Waals surface area contributed by atoms with Gasteiger partial charge in [0.05, 0.1) is 0 Å². The Hall–Kier alpha value is -0.260. The van der Waals surface area contributed by atoms with Crippen molar-refractivity contribution in [3.8, 4) is 0 Å². The standard InChI is InChI=1S/C21H42/c1-7-11-19(4)14-9-15-21(6)17-10-16-20(5)13-8-12-18(2)3/h7,11,18-21H,8-10,12-17H2,1-6H3/b11-7-. The van der Waals surface area contributed by atoms with Crippen molar-refractivity contribution >= 4 is 0 Å². The van der Waals surface area contributed by atoms with Crippen molar-refractivity contribution in [2.45, 2.75) is 99.3 Å². The Morgan fingerprint density at radius 1 is 0.619 bits per heavy atom. The van der Waals surface area contributed by atoms with E-state index in [1.807, 2.05) is 0 Å². The molecule has 0 heterocycles. The smallest absolute Gasteiger partial charge is 0.0262 e. The molecule has 126 valence electrons. The molecule has 0 radical (unpaired) electrons. The molecule has 0 heteroatoms. The minimum Gasteiger partial charge on any atom is -0.0914 e. The lowest BCUT2D eigenvalue weighted by Crippen LogP contribution is -2.01. The summed E-state index contributed by atoms with van der Waals surface area (Å²) in [5, 5.41) is 0. The Bertz CT molecular complexity index is 238. The SMILES string of the molecule is C/C=C\C(C)CCCC(C)CCCC(C)CCCC(C)C. The summed E-state index contributed by atoms with van der Waals surface area (Å²) in [5.74, 6) is 3.50. The molecule has 0 amide bonds. The van der Waals surface area contributed by atoms with Gasteiger partial charge in [-0.1, -0.05) is 98.1 Å². The predicted molar refractivity (Wildman–Crippen MR) is 98.7 cm³/mol. The highest BCUT2D eigenvalue weighted by Gasteiger charge is 2.07. The molecular formula is C21H42. The third-order valence-corrected chi connectivity index (χ3v) is 4.75. The van der Waals surface area contributed by atoms with Crippen LogP contribution in [-0.2, 0) is 0 Å². The van der Waals surface area contributed by atoms with Crippen molar-refractivity contribution < 1.29 is 0 Å². The highest BCUT2D eigenvalue weighted by Crippen LogP contribution is 2.22. The topological polar surface area (TPSA) is 0 Å². The summed E-state index contributed by atoms with van der Waals surface area (Å²) in [4.78, 5) is 0. The van der Waals surface area contributed by atoms with E-state index in [1.54, 1.807) is 0 Å². The lowest BCUT2D eigenvalue weighted by Gasteiger charge is -2.15. The van der Waals surface area contributed by atoms with Crippen LogP contribution in [0.1, 0.15) is 99.3 Å². The number of hydrogen-bond donors (Lipinski definition) is 0. The van der Waals surface area contributed by atoms with Crippen molar-refractivity contribution in [1.82, 2.24) is 0 Å². The van der Waals surface area contributed by atoms with Crippen LogP contribution in [0.3, 0.4) is 0 Å². The molecule has 21 heavy (non-hydrogen) atoms. The average molecular weight is 295 g/mol. The van der Waals surface area contributed by atoms with Crippen molar-refractivity contribution in [3.63, 3.8) is 0 Å². The summed E-state index contributed by atoms with van der Waals surface area (Å²) in [6.45, 7) is 14.0. The van der Waals surface area contributed by atoms with E-state index in [1.165, 1.54) is 57.8 Å². The zero-order valence-electron chi connectivity index (χ0n) is 15.8. The summed E-state index contributed by atoms with van der Waals surface area (Å²) in [6.07, 6.45) is 17.3. The van der Waals surface area contributed by atoms with Crippen LogP contribution in [0, 0.1) is 23.7 Å². The van der Waals surface area contributed by atoms with Crippen molar-refractivity contribution in [3.05, 3.63) is 12.2 Å². The lowest BCUT2D eigenvalue weighted by molar-refractivity contribution is 0.383. The van der Waals surface area contributed by atoms with Gasteiger partial charge < -0.3 is 0 Å². The van der Waals surface area contributed by atoms with E-state index in [0.717, 1.165) is 23.7 Å². The Balaban J connectivity index is 3.49. The van der Waals surface area contributed by atoms with Gasteiger partial charge in [-0.05, 0) is 37.0 Å². The normalized spacial score (nSPS) is 16.5. The van der Waals surface area contributed by atoms with Gasteiger partial charge in [0.1, 0.15) is 0 Å². The van der Waals surface area contributed by atoms with Gasteiger partial charge in [-0.3, -0.25) is 0 Å². The Labute approximate surface area is 135 Å². The van der Waals surface area contributed by atoms with E-state index >= 15 is 0 Å². The van der Waals surface area contributed by atoms with Gasteiger partial charge in [-0.2, -0.15) is 0 Å². The molecule has 0 fully saturated rings. The molecular weight excluding hydrogens is 252 g/mol. The molecule has 0 saturated carbocycles. The van der Waals surface area contributed by atoms with E-state index in [4.69, 9.17) is 0 Å². The molecule has 0 bridgehead atoms. The minimum atomic E-state index is 0.767. The van der Waals surface area contributed by atoms with Crippen LogP contribution >= 0.6 is 0 Å². The van der Waals surface area contributed by atoms with Crippen LogP contribution < -0.4 is 0 Å². The number of hydrogen-bond acceptors (Lipinski definition) is 0. The largest absolute Gasteiger partial charge is 0.0914 e. The molecule has 0 aliphatic heterocycles. The fourth-order valence-electron chi connectivity index (χ4n) is 3.19. The second kappa shape index (κ2) is 13.4. The van der Waals surface area contributed by atoms with Gasteiger partial charge in [0.25, 0.3) is 0 Å². The Kier molecular flexibility index (Phi) is 13.2. The highest BCUT2D eigenvalue weighted by molar-refractivity contribution is 4.82. The molecule has 0 aromatic heterocycles. The maximum atomic E-state index is 2.45. The van der Waals surface area contributed by atoms with Crippen LogP contribution in [0.15, 0.2) is 12.2 Å². The number of rotatable bonds is 13. The van der Waals surface area contributed by atoms with E-state index in [0.29, 0.717) is 0 Å². The third kappa shape index (κ3) is 14.4. The van der Waals surface area contributed by atoms with Gasteiger partial charge >= 0.3 is 0 Å². The van der Waals surface area contributed by atoms with E-state index < -0.39 is 0 Å². The predicted octanol–water partition coefficient (Wildman–Crippen LogP) is 7.64. The Morgan fingerprint density at radius 2 is 1.05 bits per heavy atom. The first-order valence-electron chi connectivity index (χ1n) is 9.58. The van der Waals surface area contributed by atoms with E-state index in [2.05, 4.69) is 53.7 Å². The van der Waals surface area contributed by atoms with Crippen molar-refractivity contribution in [2.24, 2.45) is 23.7 Å². The van der Waals surface area contributed by atoms with Crippen LogP contribution in [0.2, 0.25) is 0 Å². The van der Waals surface area contributed by atoms with Crippen molar-refractivity contribution in [2.75, 3.05) is 0 Å². The van der Waals surface area contributed by atoms with Crippen LogP contribution in [0.4, 0.5) is 0 Å². The fourth-order valence-corrected chi connectivity index (χ4v) is 3.19. The van der Waals surface area contributed by atoms with Gasteiger partial charge in [0.2, 0.25) is 0 Å². The summed E-state index contributed by atoms with van der Waals surface area (Å²) >= 11 is 0. The van der Waals surface area contributed by atoms with E-state index in [9.17, 15) is 0 Å². The quantitative estimate of drug-likeness (QED) is 0.306. The molecule has 0 rings (SSSR count). The zero-order chi connectivity index (χ0) is 16.1. The summed E-state index contributed by atoms with van der Waals surface area (Å²) in [7, 11) is 0. The molecule has 0 saturated heterocycles. The molecule has 0 spiro atoms. The molecule has 0 nitrogen and oxygen atoms in total. The molecule has 3 atom stereocenters. The summed E-state index contributed by atoms with van der Waals surface area (Å²) in [6, 6.07) is 0. The highest BCUT2D eigenvalue weighted by atomic mass is 14.1. The summed E-state index contributed by atoms with van der Waals surface area (Å²) in [5.41, 5.74) is 0. The molecule has 0 aromatic rings. The fraction of sp³-hybridized carbons (Fsp3) is 0.905. The van der Waals surface area contributed by atoms with Crippen LogP contribution in [0.5, 0.6) is 0 Å². The lowest BCUT2D eigenvalue weighted by atomic mass is 9.91. The maximum Gasteiger partial charge on any atom is -0.0262 e. The maximum absolute atomic E-state index is 2.45.